The first-order valence-electron chi connectivity index (χ1n) is 13.0. The summed E-state index contributed by atoms with van der Waals surface area (Å²) in [4.78, 5) is 46.6. The van der Waals surface area contributed by atoms with Crippen LogP contribution in [-0.2, 0) is 16.1 Å². The highest BCUT2D eigenvalue weighted by Crippen LogP contribution is 2.25. The molecule has 0 saturated carbocycles. The van der Waals surface area contributed by atoms with E-state index < -0.39 is 23.2 Å². The maximum absolute atomic E-state index is 13.1. The van der Waals surface area contributed by atoms with E-state index in [4.69, 9.17) is 9.15 Å². The Kier molecular flexibility index (Phi) is 8.78. The van der Waals surface area contributed by atoms with E-state index in [0.29, 0.717) is 36.3 Å². The summed E-state index contributed by atoms with van der Waals surface area (Å²) in [6.07, 6.45) is 3.19. The lowest BCUT2D eigenvalue weighted by molar-refractivity contribution is -0.122. The maximum atomic E-state index is 13.1. The molecule has 2 amide bonds. The van der Waals surface area contributed by atoms with E-state index in [2.05, 4.69) is 25.9 Å². The molecule has 3 N–H and O–H groups in total. The molecule has 0 bridgehead atoms. The first kappa shape index (κ1) is 28.3. The van der Waals surface area contributed by atoms with Gasteiger partial charge in [-0.05, 0) is 75.1 Å². The number of benzene rings is 2. The number of amides is 2. The minimum Gasteiger partial charge on any atom is -0.444 e. The predicted molar refractivity (Wildman–Crippen MR) is 153 cm³/mol. The molecule has 0 aliphatic rings. The highest BCUT2D eigenvalue weighted by molar-refractivity contribution is 5.93. The van der Waals surface area contributed by atoms with Gasteiger partial charge in [0.05, 0.1) is 16.8 Å². The molecule has 1 atom stereocenters. The summed E-state index contributed by atoms with van der Waals surface area (Å²) in [5, 5.41) is 8.97. The number of rotatable bonds is 9. The number of pyridine rings is 1. The van der Waals surface area contributed by atoms with E-state index in [-0.39, 0.29) is 17.3 Å². The maximum Gasteiger partial charge on any atom is 0.412 e. The van der Waals surface area contributed by atoms with Crippen molar-refractivity contribution in [3.8, 4) is 0 Å². The SMILES string of the molecule is Cc1c(NC(=O)OC(C)(C)C)ccc2nc(NCCC(C(=O)NCc3ccncc3)c3ccccc3)oc(=O)c12. The second-order valence-corrected chi connectivity index (χ2v) is 10.3. The molecule has 0 spiro atoms. The van der Waals surface area contributed by atoms with Gasteiger partial charge in [0.25, 0.3) is 6.01 Å². The van der Waals surface area contributed by atoms with Crippen molar-refractivity contribution in [2.45, 2.75) is 52.2 Å². The molecular formula is C30H33N5O5. The van der Waals surface area contributed by atoms with Gasteiger partial charge in [-0.2, -0.15) is 4.98 Å². The molecule has 2 heterocycles. The zero-order valence-electron chi connectivity index (χ0n) is 23.0. The number of nitrogens with one attached hydrogen (secondary N) is 3. The smallest absolute Gasteiger partial charge is 0.412 e. The number of hydrogen-bond acceptors (Lipinski definition) is 8. The Morgan fingerprint density at radius 3 is 2.45 bits per heavy atom. The molecule has 4 rings (SSSR count). The number of aryl methyl sites for hydroxylation is 1. The van der Waals surface area contributed by atoms with Gasteiger partial charge in [-0.1, -0.05) is 30.3 Å². The summed E-state index contributed by atoms with van der Waals surface area (Å²) in [6, 6.07) is 16.6. The van der Waals surface area contributed by atoms with Gasteiger partial charge in [-0.3, -0.25) is 15.1 Å². The Morgan fingerprint density at radius 1 is 1.02 bits per heavy atom. The van der Waals surface area contributed by atoms with Gasteiger partial charge < -0.3 is 19.8 Å². The third-order valence-electron chi connectivity index (χ3n) is 6.14. The number of carbonyl (C=O) groups excluding carboxylic acids is 2. The van der Waals surface area contributed by atoms with Crippen molar-refractivity contribution in [1.29, 1.82) is 0 Å². The number of anilines is 2. The average Bonchev–Trinajstić information content (AvgIpc) is 2.91. The van der Waals surface area contributed by atoms with Gasteiger partial charge in [0.2, 0.25) is 5.91 Å². The molecule has 0 aliphatic carbocycles. The highest BCUT2D eigenvalue weighted by Gasteiger charge is 2.21. The summed E-state index contributed by atoms with van der Waals surface area (Å²) in [7, 11) is 0. The molecule has 0 fully saturated rings. The summed E-state index contributed by atoms with van der Waals surface area (Å²) in [5.41, 5.74) is 1.95. The highest BCUT2D eigenvalue weighted by atomic mass is 16.6. The Balaban J connectivity index is 1.45. The molecule has 10 nitrogen and oxygen atoms in total. The molecule has 4 aromatic rings. The van der Waals surface area contributed by atoms with Crippen LogP contribution in [0.15, 0.2) is 76.2 Å². The number of carbonyl (C=O) groups is 2. The zero-order chi connectivity index (χ0) is 28.7. The molecule has 10 heteroatoms. The average molecular weight is 544 g/mol. The van der Waals surface area contributed by atoms with Crippen molar-refractivity contribution in [2.24, 2.45) is 0 Å². The predicted octanol–water partition coefficient (Wildman–Crippen LogP) is 5.14. The normalized spacial score (nSPS) is 12.0. The van der Waals surface area contributed by atoms with Crippen LogP contribution >= 0.6 is 0 Å². The van der Waals surface area contributed by atoms with Gasteiger partial charge in [-0.15, -0.1) is 0 Å². The van der Waals surface area contributed by atoms with Gasteiger partial charge >= 0.3 is 11.7 Å². The second-order valence-electron chi connectivity index (χ2n) is 10.3. The van der Waals surface area contributed by atoms with Gasteiger partial charge in [-0.25, -0.2) is 9.59 Å². The Hall–Kier alpha value is -4.73. The van der Waals surface area contributed by atoms with Gasteiger partial charge in [0.15, 0.2) is 0 Å². The topological polar surface area (TPSA) is 135 Å². The monoisotopic (exact) mass is 543 g/mol. The van der Waals surface area contributed by atoms with E-state index in [9.17, 15) is 14.4 Å². The Morgan fingerprint density at radius 2 is 1.75 bits per heavy atom. The molecule has 40 heavy (non-hydrogen) atoms. The van der Waals surface area contributed by atoms with E-state index in [1.807, 2.05) is 42.5 Å². The molecule has 0 saturated heterocycles. The molecule has 1 unspecified atom stereocenters. The van der Waals surface area contributed by atoms with Gasteiger partial charge in [0, 0.05) is 31.2 Å². The second kappa shape index (κ2) is 12.4. The number of fused-ring (bicyclic) bond motifs is 1. The molecule has 0 radical (unpaired) electrons. The largest absolute Gasteiger partial charge is 0.444 e. The van der Waals surface area contributed by atoms with Crippen LogP contribution < -0.4 is 21.6 Å². The number of aromatic nitrogens is 2. The van der Waals surface area contributed by atoms with E-state index in [0.717, 1.165) is 11.1 Å². The van der Waals surface area contributed by atoms with Crippen molar-refractivity contribution >= 4 is 34.6 Å². The molecular weight excluding hydrogens is 510 g/mol. The fourth-order valence-corrected chi connectivity index (χ4v) is 4.21. The van der Waals surface area contributed by atoms with Crippen molar-refractivity contribution in [1.82, 2.24) is 15.3 Å². The van der Waals surface area contributed by atoms with Crippen molar-refractivity contribution in [3.63, 3.8) is 0 Å². The summed E-state index contributed by atoms with van der Waals surface area (Å²) >= 11 is 0. The minimum absolute atomic E-state index is 0.0498. The summed E-state index contributed by atoms with van der Waals surface area (Å²) < 4.78 is 10.7. The zero-order valence-corrected chi connectivity index (χ0v) is 23.0. The molecule has 0 aliphatic heterocycles. The standard InChI is InChI=1S/C30H33N5O5/c1-19-23(35-29(38)40-30(2,3)4)10-11-24-25(19)27(37)39-28(34-24)32-17-14-22(21-8-6-5-7-9-21)26(36)33-18-20-12-15-31-16-13-20/h5-13,15-16,22H,14,17-18H2,1-4H3,(H,32,34)(H,33,36)(H,35,38). The number of nitrogens with zero attached hydrogens (tertiary/aromatic N) is 2. The molecule has 2 aromatic heterocycles. The summed E-state index contributed by atoms with van der Waals surface area (Å²) in [6.45, 7) is 7.73. The molecule has 2 aromatic carbocycles. The van der Waals surface area contributed by atoms with Crippen molar-refractivity contribution < 1.29 is 18.7 Å². The van der Waals surface area contributed by atoms with Crippen LogP contribution in [0.4, 0.5) is 16.5 Å². The van der Waals surface area contributed by atoms with Crippen LogP contribution in [0.2, 0.25) is 0 Å². The number of hydrogen-bond donors (Lipinski definition) is 3. The lowest BCUT2D eigenvalue weighted by atomic mass is 9.94. The number of ether oxygens (including phenoxy) is 1. The lowest BCUT2D eigenvalue weighted by Crippen LogP contribution is -2.30. The molecule has 208 valence electrons. The van der Waals surface area contributed by atoms with Crippen LogP contribution in [-0.4, -0.2) is 34.1 Å². The van der Waals surface area contributed by atoms with Crippen molar-refractivity contribution in [2.75, 3.05) is 17.2 Å². The first-order chi connectivity index (χ1) is 19.1. The third kappa shape index (κ3) is 7.43. The van der Waals surface area contributed by atoms with Crippen LogP contribution in [0.25, 0.3) is 10.9 Å². The van der Waals surface area contributed by atoms with E-state index in [1.165, 1.54) is 0 Å². The minimum atomic E-state index is -0.657. The quantitative estimate of drug-likeness (QED) is 0.264. The first-order valence-corrected chi connectivity index (χ1v) is 13.0. The van der Waals surface area contributed by atoms with E-state index in [1.54, 1.807) is 52.2 Å². The van der Waals surface area contributed by atoms with Crippen LogP contribution in [0.5, 0.6) is 0 Å². The van der Waals surface area contributed by atoms with Crippen LogP contribution in [0.3, 0.4) is 0 Å². The van der Waals surface area contributed by atoms with Crippen LogP contribution in [0.1, 0.15) is 49.8 Å². The Labute approximate surface area is 232 Å². The van der Waals surface area contributed by atoms with Crippen molar-refractivity contribution in [3.05, 3.63) is 94.1 Å². The Bertz CT molecular complexity index is 1530. The summed E-state index contributed by atoms with van der Waals surface area (Å²) in [5.74, 6) is -0.537. The van der Waals surface area contributed by atoms with Crippen LogP contribution in [0, 0.1) is 6.92 Å². The fourth-order valence-electron chi connectivity index (χ4n) is 4.21. The van der Waals surface area contributed by atoms with Gasteiger partial charge in [0.1, 0.15) is 5.60 Å². The third-order valence-corrected chi connectivity index (χ3v) is 6.14. The lowest BCUT2D eigenvalue weighted by Gasteiger charge is -2.20. The fraction of sp³-hybridized carbons (Fsp3) is 0.300. The van der Waals surface area contributed by atoms with E-state index >= 15 is 0 Å².